The Morgan fingerprint density at radius 1 is 0.921 bits per heavy atom. The second kappa shape index (κ2) is 10.5. The van der Waals surface area contributed by atoms with Crippen molar-refractivity contribution in [3.8, 4) is 0 Å². The van der Waals surface area contributed by atoms with E-state index in [0.29, 0.717) is 11.3 Å². The standard InChI is InChI=1S/C28H26BrN3O5S/c1-38(36,37)22-13-11-21(12-14-22)30-32-24(26(33)19-7-9-20(29)10-8-19)16-15-23-25(32)28(35)31(27(23)34)17-18-5-3-2-4-6-18/h2-16,23-26,30,33H,17H2,1H3/t23?,24-,25?,26-/m1/s1. The minimum Gasteiger partial charge on any atom is -0.386 e. The number of carbonyl (C=O) groups excluding carboxylic acids is 2. The number of fused-ring (bicyclic) bond motifs is 1. The molecule has 2 unspecified atom stereocenters. The van der Waals surface area contributed by atoms with Crippen molar-refractivity contribution in [3.05, 3.63) is 107 Å². The normalized spacial score (nSPS) is 22.4. The summed E-state index contributed by atoms with van der Waals surface area (Å²) in [4.78, 5) is 28.5. The van der Waals surface area contributed by atoms with Gasteiger partial charge < -0.3 is 10.5 Å². The Balaban J connectivity index is 1.50. The first-order valence-electron chi connectivity index (χ1n) is 12.0. The van der Waals surface area contributed by atoms with Crippen LogP contribution in [0.5, 0.6) is 0 Å². The van der Waals surface area contributed by atoms with Gasteiger partial charge in [0.15, 0.2) is 9.84 Å². The van der Waals surface area contributed by atoms with Crippen LogP contribution in [0.25, 0.3) is 0 Å². The van der Waals surface area contributed by atoms with Crippen LogP contribution in [0.1, 0.15) is 17.2 Å². The zero-order valence-corrected chi connectivity index (χ0v) is 22.8. The van der Waals surface area contributed by atoms with E-state index in [2.05, 4.69) is 21.4 Å². The van der Waals surface area contributed by atoms with Crippen molar-refractivity contribution in [1.29, 1.82) is 0 Å². The fourth-order valence-corrected chi connectivity index (χ4v) is 5.73. The lowest BCUT2D eigenvalue weighted by atomic mass is 9.90. The van der Waals surface area contributed by atoms with Gasteiger partial charge in [0.1, 0.15) is 6.04 Å². The number of hydrogen-bond acceptors (Lipinski definition) is 7. The first kappa shape index (κ1) is 26.3. The Kier molecular flexibility index (Phi) is 7.23. The summed E-state index contributed by atoms with van der Waals surface area (Å²) in [6.07, 6.45) is 3.55. The number of amides is 2. The van der Waals surface area contributed by atoms with E-state index in [9.17, 15) is 23.1 Å². The maximum Gasteiger partial charge on any atom is 0.249 e. The van der Waals surface area contributed by atoms with Gasteiger partial charge in [-0.25, -0.2) is 13.4 Å². The maximum atomic E-state index is 13.7. The molecule has 5 rings (SSSR count). The highest BCUT2D eigenvalue weighted by Gasteiger charge is 2.53. The van der Waals surface area contributed by atoms with Crippen LogP contribution in [-0.2, 0) is 26.0 Å². The Bertz CT molecular complexity index is 1480. The Hall–Kier alpha value is -3.31. The summed E-state index contributed by atoms with van der Waals surface area (Å²) in [7, 11) is -3.39. The molecule has 4 atom stereocenters. The molecule has 3 aromatic carbocycles. The second-order valence-corrected chi connectivity index (χ2v) is 12.3. The molecule has 1 fully saturated rings. The van der Waals surface area contributed by atoms with Gasteiger partial charge in [-0.05, 0) is 47.5 Å². The highest BCUT2D eigenvalue weighted by Crippen LogP contribution is 2.37. The van der Waals surface area contributed by atoms with E-state index in [1.54, 1.807) is 41.4 Å². The summed E-state index contributed by atoms with van der Waals surface area (Å²) >= 11 is 3.40. The zero-order chi connectivity index (χ0) is 27.0. The van der Waals surface area contributed by atoms with E-state index in [0.717, 1.165) is 16.3 Å². The minimum atomic E-state index is -3.39. The van der Waals surface area contributed by atoms with E-state index in [4.69, 9.17) is 0 Å². The van der Waals surface area contributed by atoms with Crippen molar-refractivity contribution in [2.75, 3.05) is 11.7 Å². The van der Waals surface area contributed by atoms with Crippen LogP contribution in [0.3, 0.4) is 0 Å². The molecule has 8 nitrogen and oxygen atoms in total. The molecular formula is C28H26BrN3O5S. The van der Waals surface area contributed by atoms with Gasteiger partial charge in [-0.2, -0.15) is 0 Å². The second-order valence-electron chi connectivity index (χ2n) is 9.41. The quantitative estimate of drug-likeness (QED) is 0.317. The number of likely N-dealkylation sites (tertiary alicyclic amines) is 1. The number of aliphatic hydroxyl groups excluding tert-OH is 1. The largest absolute Gasteiger partial charge is 0.386 e. The number of hydrazine groups is 1. The van der Waals surface area contributed by atoms with Crippen LogP contribution < -0.4 is 5.43 Å². The van der Waals surface area contributed by atoms with Crippen LogP contribution in [-0.4, -0.2) is 53.6 Å². The third-order valence-corrected chi connectivity index (χ3v) is 8.46. The molecule has 10 heteroatoms. The lowest BCUT2D eigenvalue weighted by molar-refractivity contribution is -0.140. The Morgan fingerprint density at radius 3 is 2.21 bits per heavy atom. The molecule has 0 radical (unpaired) electrons. The monoisotopic (exact) mass is 595 g/mol. The van der Waals surface area contributed by atoms with Crippen molar-refractivity contribution in [2.45, 2.75) is 29.6 Å². The molecule has 2 amide bonds. The molecule has 0 aliphatic carbocycles. The van der Waals surface area contributed by atoms with Crippen molar-refractivity contribution in [2.24, 2.45) is 5.92 Å². The third-order valence-electron chi connectivity index (χ3n) is 6.81. The number of carbonyl (C=O) groups is 2. The number of hydrogen-bond donors (Lipinski definition) is 2. The molecule has 2 heterocycles. The number of aliphatic hydroxyl groups is 1. The van der Waals surface area contributed by atoms with E-state index in [1.807, 2.05) is 42.5 Å². The first-order chi connectivity index (χ1) is 18.1. The molecule has 0 saturated carbocycles. The molecule has 1 saturated heterocycles. The van der Waals surface area contributed by atoms with Crippen molar-refractivity contribution in [3.63, 3.8) is 0 Å². The topological polar surface area (TPSA) is 107 Å². The summed E-state index contributed by atoms with van der Waals surface area (Å²) in [6.45, 7) is 0.149. The van der Waals surface area contributed by atoms with E-state index in [-0.39, 0.29) is 23.3 Å². The number of imide groups is 1. The summed E-state index contributed by atoms with van der Waals surface area (Å²) in [5, 5.41) is 13.0. The number of anilines is 1. The van der Waals surface area contributed by atoms with Crippen molar-refractivity contribution >= 4 is 43.3 Å². The lowest BCUT2D eigenvalue weighted by Gasteiger charge is -2.40. The molecule has 0 bridgehead atoms. The van der Waals surface area contributed by atoms with Gasteiger partial charge in [0.25, 0.3) is 0 Å². The fourth-order valence-electron chi connectivity index (χ4n) is 4.83. The zero-order valence-electron chi connectivity index (χ0n) is 20.4. The van der Waals surface area contributed by atoms with Gasteiger partial charge in [0.05, 0.1) is 29.5 Å². The highest BCUT2D eigenvalue weighted by molar-refractivity contribution is 9.10. The fraction of sp³-hybridized carbons (Fsp3) is 0.214. The SMILES string of the molecule is CS(=O)(=O)c1ccc(NN2C3C(=O)N(Cc4ccccc4)C(=O)C3C=C[C@@H]2[C@H](O)c2ccc(Br)cc2)cc1. The highest BCUT2D eigenvalue weighted by atomic mass is 79.9. The number of nitrogens with zero attached hydrogens (tertiary/aromatic N) is 2. The van der Waals surface area contributed by atoms with E-state index < -0.39 is 33.9 Å². The number of benzene rings is 3. The smallest absolute Gasteiger partial charge is 0.249 e. The van der Waals surface area contributed by atoms with Crippen molar-refractivity contribution in [1.82, 2.24) is 9.91 Å². The molecule has 0 aromatic heterocycles. The lowest BCUT2D eigenvalue weighted by Crippen LogP contribution is -2.55. The molecule has 0 spiro atoms. The van der Waals surface area contributed by atoms with Crippen LogP contribution >= 0.6 is 15.9 Å². The predicted molar refractivity (Wildman–Crippen MR) is 146 cm³/mol. The molecule has 2 aliphatic heterocycles. The number of rotatable bonds is 7. The third kappa shape index (κ3) is 5.17. The van der Waals surface area contributed by atoms with Gasteiger partial charge in [-0.3, -0.25) is 14.5 Å². The maximum absolute atomic E-state index is 13.7. The molecule has 38 heavy (non-hydrogen) atoms. The van der Waals surface area contributed by atoms with Crippen LogP contribution in [0.15, 0.2) is 100 Å². The van der Waals surface area contributed by atoms with Gasteiger partial charge >= 0.3 is 0 Å². The van der Waals surface area contributed by atoms with E-state index in [1.165, 1.54) is 17.0 Å². The summed E-state index contributed by atoms with van der Waals surface area (Å²) in [5.41, 5.74) is 5.18. The summed E-state index contributed by atoms with van der Waals surface area (Å²) < 4.78 is 24.7. The Morgan fingerprint density at radius 2 is 1.58 bits per heavy atom. The Labute approximate surface area is 229 Å². The van der Waals surface area contributed by atoms with Gasteiger partial charge in [-0.1, -0.05) is 70.5 Å². The average Bonchev–Trinajstić information content (AvgIpc) is 3.14. The molecule has 2 aliphatic rings. The molecular weight excluding hydrogens is 570 g/mol. The van der Waals surface area contributed by atoms with Crippen molar-refractivity contribution < 1.29 is 23.1 Å². The van der Waals surface area contributed by atoms with Gasteiger partial charge in [0, 0.05) is 16.4 Å². The predicted octanol–water partition coefficient (Wildman–Crippen LogP) is 3.71. The number of halogens is 1. The van der Waals surface area contributed by atoms with Gasteiger partial charge in [-0.15, -0.1) is 0 Å². The van der Waals surface area contributed by atoms with Crippen LogP contribution in [0.2, 0.25) is 0 Å². The summed E-state index contributed by atoms with van der Waals surface area (Å²) in [5.74, 6) is -1.42. The summed E-state index contributed by atoms with van der Waals surface area (Å²) in [6, 6.07) is 21.0. The van der Waals surface area contributed by atoms with Gasteiger partial charge in [0.2, 0.25) is 11.8 Å². The van der Waals surface area contributed by atoms with Crippen LogP contribution in [0, 0.1) is 5.92 Å². The molecule has 3 aromatic rings. The first-order valence-corrected chi connectivity index (χ1v) is 14.7. The number of sulfone groups is 1. The molecule has 2 N–H and O–H groups in total. The average molecular weight is 597 g/mol. The van der Waals surface area contributed by atoms with E-state index >= 15 is 0 Å². The minimum absolute atomic E-state index is 0.149. The molecule has 196 valence electrons. The van der Waals surface area contributed by atoms with Crippen LogP contribution in [0.4, 0.5) is 5.69 Å². The number of nitrogens with one attached hydrogen (secondary N) is 1.